The highest BCUT2D eigenvalue weighted by atomic mass is 127. The first-order valence-corrected chi connectivity index (χ1v) is 8.15. The average Bonchev–Trinajstić information content (AvgIpc) is 2.51. The molecule has 2 aromatic heterocycles. The first-order valence-electron chi connectivity index (χ1n) is 7.07. The molecule has 6 heteroatoms. The molecule has 0 fully saturated rings. The summed E-state index contributed by atoms with van der Waals surface area (Å²) in [6, 6.07) is 5.44. The van der Waals surface area contributed by atoms with Gasteiger partial charge in [0, 0.05) is 22.9 Å². The van der Waals surface area contributed by atoms with Gasteiger partial charge in [-0.1, -0.05) is 13.8 Å². The lowest BCUT2D eigenvalue weighted by atomic mass is 10.2. The predicted octanol–water partition coefficient (Wildman–Crippen LogP) is 2.31. The minimum atomic E-state index is -0.135. The van der Waals surface area contributed by atoms with Gasteiger partial charge in [-0.2, -0.15) is 0 Å². The molecular weight excluding hydrogens is 379 g/mol. The van der Waals surface area contributed by atoms with Crippen LogP contribution in [0.25, 0.3) is 11.0 Å². The molecular formula is C15H19IN4O. The third-order valence-electron chi connectivity index (χ3n) is 3.38. The van der Waals surface area contributed by atoms with E-state index in [4.69, 9.17) is 0 Å². The lowest BCUT2D eigenvalue weighted by Gasteiger charge is -2.17. The van der Waals surface area contributed by atoms with E-state index in [0.29, 0.717) is 12.2 Å². The molecule has 0 unspecified atom stereocenters. The van der Waals surface area contributed by atoms with E-state index < -0.39 is 0 Å². The molecule has 0 spiro atoms. The maximum atomic E-state index is 12.1. The molecule has 0 saturated heterocycles. The second kappa shape index (κ2) is 7.65. The van der Waals surface area contributed by atoms with Gasteiger partial charge in [-0.05, 0) is 53.9 Å². The fourth-order valence-corrected chi connectivity index (χ4v) is 2.64. The van der Waals surface area contributed by atoms with Crippen molar-refractivity contribution in [3.63, 3.8) is 0 Å². The van der Waals surface area contributed by atoms with Crippen LogP contribution >= 0.6 is 22.6 Å². The number of rotatable bonds is 6. The largest absolute Gasteiger partial charge is 0.349 e. The number of nitrogens with zero attached hydrogens (tertiary/aromatic N) is 3. The van der Waals surface area contributed by atoms with Crippen molar-refractivity contribution in [2.24, 2.45) is 0 Å². The summed E-state index contributed by atoms with van der Waals surface area (Å²) in [7, 11) is 0. The normalized spacial score (nSPS) is 11.0. The second-order valence-electron chi connectivity index (χ2n) is 4.64. The fourth-order valence-electron chi connectivity index (χ4n) is 2.08. The van der Waals surface area contributed by atoms with Gasteiger partial charge in [0.15, 0.2) is 0 Å². The molecule has 0 bridgehead atoms. The molecule has 21 heavy (non-hydrogen) atoms. The van der Waals surface area contributed by atoms with Gasteiger partial charge in [-0.25, -0.2) is 4.98 Å². The summed E-state index contributed by atoms with van der Waals surface area (Å²) in [4.78, 5) is 23.1. The van der Waals surface area contributed by atoms with E-state index >= 15 is 0 Å². The Morgan fingerprint density at radius 3 is 2.76 bits per heavy atom. The van der Waals surface area contributed by atoms with Crippen LogP contribution in [0.3, 0.4) is 0 Å². The van der Waals surface area contributed by atoms with Crippen LogP contribution in [0, 0.1) is 3.57 Å². The van der Waals surface area contributed by atoms with Crippen LogP contribution in [0.4, 0.5) is 0 Å². The van der Waals surface area contributed by atoms with E-state index in [1.165, 1.54) is 0 Å². The van der Waals surface area contributed by atoms with Crippen molar-refractivity contribution in [2.75, 3.05) is 26.2 Å². The summed E-state index contributed by atoms with van der Waals surface area (Å²) in [6.07, 6.45) is 1.75. The molecule has 0 atom stereocenters. The Morgan fingerprint density at radius 1 is 1.29 bits per heavy atom. The molecule has 0 saturated carbocycles. The summed E-state index contributed by atoms with van der Waals surface area (Å²) >= 11 is 2.20. The Bertz CT molecular complexity index is 628. The zero-order chi connectivity index (χ0) is 15.2. The van der Waals surface area contributed by atoms with Gasteiger partial charge < -0.3 is 10.2 Å². The quantitative estimate of drug-likeness (QED) is 0.759. The maximum absolute atomic E-state index is 12.1. The molecule has 112 valence electrons. The molecule has 2 aromatic rings. The van der Waals surface area contributed by atoms with Crippen LogP contribution in [0.2, 0.25) is 0 Å². The highest BCUT2D eigenvalue weighted by Gasteiger charge is 2.10. The number of nitrogens with one attached hydrogen (secondary N) is 1. The van der Waals surface area contributed by atoms with E-state index in [-0.39, 0.29) is 5.91 Å². The highest BCUT2D eigenvalue weighted by Crippen LogP contribution is 2.16. The molecule has 0 radical (unpaired) electrons. The zero-order valence-corrected chi connectivity index (χ0v) is 14.4. The minimum Gasteiger partial charge on any atom is -0.349 e. The standard InChI is InChI=1S/C15H19IN4O/c1-3-20(4-2)10-9-18-15(21)13-6-5-12-14(19-13)11(16)7-8-17-12/h5-8H,3-4,9-10H2,1-2H3,(H,18,21). The van der Waals surface area contributed by atoms with Gasteiger partial charge in [-0.15, -0.1) is 0 Å². The number of fused-ring (bicyclic) bond motifs is 1. The summed E-state index contributed by atoms with van der Waals surface area (Å²) in [5.41, 5.74) is 2.02. The number of amides is 1. The lowest BCUT2D eigenvalue weighted by molar-refractivity contribution is 0.0944. The SMILES string of the molecule is CCN(CC)CCNC(=O)c1ccc2nccc(I)c2n1. The minimum absolute atomic E-state index is 0.135. The lowest BCUT2D eigenvalue weighted by Crippen LogP contribution is -2.35. The van der Waals surface area contributed by atoms with Gasteiger partial charge in [0.2, 0.25) is 0 Å². The maximum Gasteiger partial charge on any atom is 0.269 e. The van der Waals surface area contributed by atoms with Crippen LogP contribution in [0.1, 0.15) is 24.3 Å². The van der Waals surface area contributed by atoms with Crippen molar-refractivity contribution >= 4 is 39.5 Å². The number of carbonyl (C=O) groups is 1. The number of halogens is 1. The van der Waals surface area contributed by atoms with Crippen molar-refractivity contribution in [3.05, 3.63) is 33.7 Å². The van der Waals surface area contributed by atoms with Crippen molar-refractivity contribution in [1.82, 2.24) is 20.2 Å². The molecule has 0 aliphatic carbocycles. The van der Waals surface area contributed by atoms with Gasteiger partial charge in [0.1, 0.15) is 11.2 Å². The fraction of sp³-hybridized carbons (Fsp3) is 0.400. The Kier molecular flexibility index (Phi) is 5.86. The van der Waals surface area contributed by atoms with E-state index in [0.717, 1.165) is 34.2 Å². The summed E-state index contributed by atoms with van der Waals surface area (Å²) in [6.45, 7) is 7.70. The molecule has 1 N–H and O–H groups in total. The number of aromatic nitrogens is 2. The van der Waals surface area contributed by atoms with Crippen molar-refractivity contribution in [2.45, 2.75) is 13.8 Å². The van der Waals surface area contributed by atoms with Crippen molar-refractivity contribution < 1.29 is 4.79 Å². The third kappa shape index (κ3) is 4.10. The Balaban J connectivity index is 2.04. The monoisotopic (exact) mass is 398 g/mol. The van der Waals surface area contributed by atoms with E-state index in [1.807, 2.05) is 12.1 Å². The number of hydrogen-bond acceptors (Lipinski definition) is 4. The smallest absolute Gasteiger partial charge is 0.269 e. The number of carbonyl (C=O) groups excluding carboxylic acids is 1. The first-order chi connectivity index (χ1) is 10.2. The van der Waals surface area contributed by atoms with Crippen LogP contribution in [-0.2, 0) is 0 Å². The Morgan fingerprint density at radius 2 is 2.05 bits per heavy atom. The van der Waals surface area contributed by atoms with Crippen molar-refractivity contribution in [1.29, 1.82) is 0 Å². The summed E-state index contributed by atoms with van der Waals surface area (Å²) < 4.78 is 0.996. The van der Waals surface area contributed by atoms with Crippen LogP contribution in [0.5, 0.6) is 0 Å². The average molecular weight is 398 g/mol. The highest BCUT2D eigenvalue weighted by molar-refractivity contribution is 14.1. The molecule has 2 rings (SSSR count). The summed E-state index contributed by atoms with van der Waals surface area (Å²) in [5.74, 6) is -0.135. The summed E-state index contributed by atoms with van der Waals surface area (Å²) in [5, 5.41) is 2.92. The zero-order valence-electron chi connectivity index (χ0n) is 12.3. The predicted molar refractivity (Wildman–Crippen MR) is 92.4 cm³/mol. The van der Waals surface area contributed by atoms with E-state index in [9.17, 15) is 4.79 Å². The molecule has 1 amide bonds. The van der Waals surface area contributed by atoms with E-state index in [2.05, 4.69) is 56.6 Å². The molecule has 5 nitrogen and oxygen atoms in total. The van der Waals surface area contributed by atoms with Crippen LogP contribution < -0.4 is 5.32 Å². The van der Waals surface area contributed by atoms with Gasteiger partial charge in [0.05, 0.1) is 5.52 Å². The van der Waals surface area contributed by atoms with Gasteiger partial charge >= 0.3 is 0 Å². The first kappa shape index (κ1) is 16.1. The van der Waals surface area contributed by atoms with Gasteiger partial charge in [0.25, 0.3) is 5.91 Å². The number of likely N-dealkylation sites (N-methyl/N-ethyl adjacent to an activating group) is 1. The Hall–Kier alpha value is -1.28. The van der Waals surface area contributed by atoms with Crippen molar-refractivity contribution in [3.8, 4) is 0 Å². The van der Waals surface area contributed by atoms with Gasteiger partial charge in [-0.3, -0.25) is 9.78 Å². The molecule has 0 aliphatic rings. The number of pyridine rings is 2. The van der Waals surface area contributed by atoms with Crippen LogP contribution in [0.15, 0.2) is 24.4 Å². The van der Waals surface area contributed by atoms with Crippen LogP contribution in [-0.4, -0.2) is 47.0 Å². The van der Waals surface area contributed by atoms with E-state index in [1.54, 1.807) is 12.3 Å². The second-order valence-corrected chi connectivity index (χ2v) is 5.80. The molecule has 0 aliphatic heterocycles. The topological polar surface area (TPSA) is 58.1 Å². The molecule has 2 heterocycles. The Labute approximate surface area is 138 Å². The molecule has 0 aromatic carbocycles. The third-order valence-corrected chi connectivity index (χ3v) is 4.25. The number of hydrogen-bond donors (Lipinski definition) is 1.